The van der Waals surface area contributed by atoms with Gasteiger partial charge in [0.1, 0.15) is 0 Å². The highest BCUT2D eigenvalue weighted by Crippen LogP contribution is 2.32. The molecular formula is C14H14N2O4. The van der Waals surface area contributed by atoms with Gasteiger partial charge in [0.25, 0.3) is 5.88 Å². The number of hydrogen-bond donors (Lipinski definition) is 1. The van der Waals surface area contributed by atoms with Crippen molar-refractivity contribution in [1.82, 2.24) is 9.97 Å². The molecule has 0 fully saturated rings. The molecule has 1 N–H and O–H groups in total. The zero-order valence-corrected chi connectivity index (χ0v) is 11.2. The first-order valence-electron chi connectivity index (χ1n) is 6.04. The monoisotopic (exact) mass is 274 g/mol. The van der Waals surface area contributed by atoms with Crippen LogP contribution in [0.4, 0.5) is 0 Å². The molecule has 2 rings (SSSR count). The predicted molar refractivity (Wildman–Crippen MR) is 71.4 cm³/mol. The quantitative estimate of drug-likeness (QED) is 0.902. The average molecular weight is 274 g/mol. The summed E-state index contributed by atoms with van der Waals surface area (Å²) in [6.45, 7) is 2.03. The summed E-state index contributed by atoms with van der Waals surface area (Å²) in [5.74, 6) is -0.348. The highest BCUT2D eigenvalue weighted by molar-refractivity contribution is 5.87. The highest BCUT2D eigenvalue weighted by atomic mass is 16.5. The molecule has 2 aromatic rings. The Kier molecular flexibility index (Phi) is 4.14. The van der Waals surface area contributed by atoms with Crippen LogP contribution in [0.5, 0.6) is 17.4 Å². The van der Waals surface area contributed by atoms with Crippen molar-refractivity contribution in [3.05, 3.63) is 41.9 Å². The van der Waals surface area contributed by atoms with E-state index in [0.717, 1.165) is 12.0 Å². The number of ether oxygens (including phenoxy) is 2. The van der Waals surface area contributed by atoms with Crippen LogP contribution in [0.15, 0.2) is 30.6 Å². The van der Waals surface area contributed by atoms with E-state index in [0.29, 0.717) is 11.5 Å². The van der Waals surface area contributed by atoms with Crippen LogP contribution in [0.25, 0.3) is 0 Å². The molecule has 0 saturated heterocycles. The number of hydrogen-bond acceptors (Lipinski definition) is 5. The molecule has 1 aromatic heterocycles. The summed E-state index contributed by atoms with van der Waals surface area (Å²) in [6, 6.07) is 5.44. The fourth-order valence-corrected chi connectivity index (χ4v) is 1.67. The third-order valence-electron chi connectivity index (χ3n) is 2.71. The van der Waals surface area contributed by atoms with Crippen LogP contribution in [0.3, 0.4) is 0 Å². The highest BCUT2D eigenvalue weighted by Gasteiger charge is 2.16. The van der Waals surface area contributed by atoms with Crippen molar-refractivity contribution < 1.29 is 19.4 Å². The summed E-state index contributed by atoms with van der Waals surface area (Å²) in [5.41, 5.74) is 0.848. The summed E-state index contributed by atoms with van der Waals surface area (Å²) >= 11 is 0. The molecule has 104 valence electrons. The van der Waals surface area contributed by atoms with E-state index >= 15 is 0 Å². The van der Waals surface area contributed by atoms with E-state index < -0.39 is 5.97 Å². The molecule has 0 aliphatic rings. The molecule has 20 heavy (non-hydrogen) atoms. The molecule has 6 nitrogen and oxygen atoms in total. The number of aryl methyl sites for hydroxylation is 1. The summed E-state index contributed by atoms with van der Waals surface area (Å²) in [4.78, 5) is 18.7. The first-order valence-corrected chi connectivity index (χ1v) is 6.04. The minimum atomic E-state index is -1.20. The van der Waals surface area contributed by atoms with E-state index in [9.17, 15) is 4.79 Å². The fourth-order valence-electron chi connectivity index (χ4n) is 1.67. The molecule has 1 heterocycles. The standard InChI is InChI=1S/C14H14N2O4/c1-3-9-4-5-10(11(8-9)19-2)20-13-12(14(17)18)15-6-7-16-13/h4-8H,3H2,1-2H3,(H,17,18). The van der Waals surface area contributed by atoms with E-state index in [1.165, 1.54) is 19.5 Å². The van der Waals surface area contributed by atoms with Crippen LogP contribution in [-0.4, -0.2) is 28.2 Å². The van der Waals surface area contributed by atoms with Gasteiger partial charge in [0.05, 0.1) is 7.11 Å². The Morgan fingerprint density at radius 3 is 2.65 bits per heavy atom. The number of benzene rings is 1. The maximum Gasteiger partial charge on any atom is 0.360 e. The van der Waals surface area contributed by atoms with Crippen LogP contribution < -0.4 is 9.47 Å². The Morgan fingerprint density at radius 1 is 1.25 bits per heavy atom. The van der Waals surface area contributed by atoms with Crippen molar-refractivity contribution in [2.24, 2.45) is 0 Å². The molecular weight excluding hydrogens is 260 g/mol. The lowest BCUT2D eigenvalue weighted by molar-refractivity contribution is 0.0686. The predicted octanol–water partition coefficient (Wildman–Crippen LogP) is 2.54. The van der Waals surface area contributed by atoms with Crippen molar-refractivity contribution >= 4 is 5.97 Å². The van der Waals surface area contributed by atoms with Gasteiger partial charge in [0.2, 0.25) is 5.69 Å². The zero-order chi connectivity index (χ0) is 14.5. The van der Waals surface area contributed by atoms with E-state index in [1.54, 1.807) is 6.07 Å². The fraction of sp³-hybridized carbons (Fsp3) is 0.214. The molecule has 6 heteroatoms. The summed E-state index contributed by atoms with van der Waals surface area (Å²) < 4.78 is 10.8. The molecule has 0 bridgehead atoms. The van der Waals surface area contributed by atoms with Gasteiger partial charge in [-0.05, 0) is 24.1 Å². The van der Waals surface area contributed by atoms with Crippen LogP contribution in [0, 0.1) is 0 Å². The van der Waals surface area contributed by atoms with E-state index in [1.807, 2.05) is 19.1 Å². The Bertz CT molecular complexity index is 628. The first kappa shape index (κ1) is 13.8. The number of aromatic carboxylic acids is 1. The molecule has 0 aliphatic carbocycles. The Balaban J connectivity index is 2.37. The summed E-state index contributed by atoms with van der Waals surface area (Å²) in [5, 5.41) is 9.04. The van der Waals surface area contributed by atoms with E-state index in [4.69, 9.17) is 14.6 Å². The Hall–Kier alpha value is -2.63. The van der Waals surface area contributed by atoms with Crippen LogP contribution in [0.1, 0.15) is 23.0 Å². The first-order chi connectivity index (χ1) is 9.65. The van der Waals surface area contributed by atoms with Gasteiger partial charge in [-0.2, -0.15) is 0 Å². The van der Waals surface area contributed by atoms with Crippen molar-refractivity contribution in [3.63, 3.8) is 0 Å². The molecule has 0 amide bonds. The second-order valence-corrected chi connectivity index (χ2v) is 3.96. The third-order valence-corrected chi connectivity index (χ3v) is 2.71. The third kappa shape index (κ3) is 2.85. The maximum atomic E-state index is 11.1. The van der Waals surface area contributed by atoms with Gasteiger partial charge in [0, 0.05) is 12.4 Å². The largest absolute Gasteiger partial charge is 0.493 e. The minimum Gasteiger partial charge on any atom is -0.493 e. The lowest BCUT2D eigenvalue weighted by Crippen LogP contribution is -2.05. The lowest BCUT2D eigenvalue weighted by Gasteiger charge is -2.11. The lowest BCUT2D eigenvalue weighted by atomic mass is 10.1. The molecule has 1 aromatic carbocycles. The SMILES string of the molecule is CCc1ccc(Oc2nccnc2C(=O)O)c(OC)c1. The second kappa shape index (κ2) is 6.01. The van der Waals surface area contributed by atoms with Crippen LogP contribution in [0.2, 0.25) is 0 Å². The number of carboxylic acids is 1. The molecule has 0 unspecified atom stereocenters. The minimum absolute atomic E-state index is 0.0671. The normalized spacial score (nSPS) is 10.1. The van der Waals surface area contributed by atoms with Crippen molar-refractivity contribution in [2.45, 2.75) is 13.3 Å². The maximum absolute atomic E-state index is 11.1. The van der Waals surface area contributed by atoms with Gasteiger partial charge < -0.3 is 14.6 Å². The van der Waals surface area contributed by atoms with Crippen LogP contribution in [-0.2, 0) is 6.42 Å². The number of rotatable bonds is 5. The summed E-state index contributed by atoms with van der Waals surface area (Å²) in [7, 11) is 1.52. The van der Waals surface area contributed by atoms with Crippen LogP contribution >= 0.6 is 0 Å². The van der Waals surface area contributed by atoms with E-state index in [2.05, 4.69) is 9.97 Å². The molecule has 0 atom stereocenters. The Morgan fingerprint density at radius 2 is 2.00 bits per heavy atom. The topological polar surface area (TPSA) is 81.5 Å². The number of carbonyl (C=O) groups is 1. The van der Waals surface area contributed by atoms with Gasteiger partial charge in [-0.1, -0.05) is 13.0 Å². The Labute approximate surface area is 116 Å². The zero-order valence-electron chi connectivity index (χ0n) is 11.2. The van der Waals surface area contributed by atoms with Crippen molar-refractivity contribution in [3.8, 4) is 17.4 Å². The second-order valence-electron chi connectivity index (χ2n) is 3.96. The van der Waals surface area contributed by atoms with Gasteiger partial charge in [-0.3, -0.25) is 0 Å². The number of nitrogens with zero attached hydrogens (tertiary/aromatic N) is 2. The molecule has 0 aliphatic heterocycles. The molecule has 0 spiro atoms. The van der Waals surface area contributed by atoms with Crippen molar-refractivity contribution in [2.75, 3.05) is 7.11 Å². The van der Waals surface area contributed by atoms with Gasteiger partial charge in [-0.25, -0.2) is 14.8 Å². The van der Waals surface area contributed by atoms with E-state index in [-0.39, 0.29) is 11.6 Å². The number of methoxy groups -OCH3 is 1. The van der Waals surface area contributed by atoms with Gasteiger partial charge >= 0.3 is 5.97 Å². The summed E-state index contributed by atoms with van der Waals surface area (Å²) in [6.07, 6.45) is 3.53. The molecule has 0 radical (unpaired) electrons. The average Bonchev–Trinajstić information content (AvgIpc) is 2.48. The smallest absolute Gasteiger partial charge is 0.360 e. The molecule has 0 saturated carbocycles. The van der Waals surface area contributed by atoms with Gasteiger partial charge in [-0.15, -0.1) is 0 Å². The number of carboxylic acid groups (broad SMARTS) is 1. The van der Waals surface area contributed by atoms with Crippen molar-refractivity contribution in [1.29, 1.82) is 0 Å². The number of aromatic nitrogens is 2. The van der Waals surface area contributed by atoms with Gasteiger partial charge in [0.15, 0.2) is 11.5 Å².